The number of rotatable bonds is 1. The van der Waals surface area contributed by atoms with Gasteiger partial charge < -0.3 is 0 Å². The van der Waals surface area contributed by atoms with Gasteiger partial charge in [-0.05, 0) is 25.7 Å². The summed E-state index contributed by atoms with van der Waals surface area (Å²) in [5.41, 5.74) is 1.53. The summed E-state index contributed by atoms with van der Waals surface area (Å²) < 4.78 is 41.3. The summed E-state index contributed by atoms with van der Waals surface area (Å²) in [6.07, 6.45) is 4.65. The molecular formula is C14H12ClF3N2. The molecule has 1 aromatic carbocycles. The van der Waals surface area contributed by atoms with Crippen LogP contribution in [0.25, 0.3) is 5.69 Å². The van der Waals surface area contributed by atoms with E-state index in [9.17, 15) is 13.2 Å². The molecular weight excluding hydrogens is 289 g/mol. The third-order valence-corrected chi connectivity index (χ3v) is 3.95. The maximum absolute atomic E-state index is 13.8. The third-order valence-electron chi connectivity index (χ3n) is 3.56. The van der Waals surface area contributed by atoms with E-state index in [0.29, 0.717) is 6.07 Å². The lowest BCUT2D eigenvalue weighted by Crippen LogP contribution is -2.03. The van der Waals surface area contributed by atoms with Gasteiger partial charge in [0.05, 0.1) is 5.69 Å². The fourth-order valence-electron chi connectivity index (χ4n) is 2.53. The maximum Gasteiger partial charge on any atom is 0.161 e. The molecule has 1 aliphatic rings. The summed E-state index contributed by atoms with van der Waals surface area (Å²) >= 11 is 6.23. The Kier molecular flexibility index (Phi) is 3.46. The Morgan fingerprint density at radius 3 is 2.45 bits per heavy atom. The van der Waals surface area contributed by atoms with Crippen molar-refractivity contribution in [3.63, 3.8) is 0 Å². The topological polar surface area (TPSA) is 17.8 Å². The Morgan fingerprint density at radius 1 is 0.950 bits per heavy atom. The normalized spacial score (nSPS) is 15.0. The van der Waals surface area contributed by atoms with Gasteiger partial charge in [-0.3, -0.25) is 0 Å². The van der Waals surface area contributed by atoms with Gasteiger partial charge in [0.15, 0.2) is 17.5 Å². The van der Waals surface area contributed by atoms with Gasteiger partial charge in [0, 0.05) is 17.7 Å². The second kappa shape index (κ2) is 5.13. The van der Waals surface area contributed by atoms with Crippen molar-refractivity contribution in [2.75, 3.05) is 0 Å². The summed E-state index contributed by atoms with van der Waals surface area (Å²) in [6, 6.07) is 1.29. The van der Waals surface area contributed by atoms with Gasteiger partial charge in [-0.1, -0.05) is 18.0 Å². The zero-order chi connectivity index (χ0) is 14.3. The van der Waals surface area contributed by atoms with Crippen LogP contribution >= 0.6 is 11.6 Å². The zero-order valence-corrected chi connectivity index (χ0v) is 11.4. The number of hydrogen-bond acceptors (Lipinski definition) is 1. The van der Waals surface area contributed by atoms with Crippen molar-refractivity contribution < 1.29 is 13.2 Å². The maximum atomic E-state index is 13.8. The highest BCUT2D eigenvalue weighted by Gasteiger charge is 2.21. The summed E-state index contributed by atoms with van der Waals surface area (Å²) in [5, 5.41) is 4.55. The van der Waals surface area contributed by atoms with Crippen LogP contribution in [-0.4, -0.2) is 9.78 Å². The molecule has 0 fully saturated rings. The lowest BCUT2D eigenvalue weighted by molar-refractivity contribution is 0.491. The largest absolute Gasteiger partial charge is 0.219 e. The summed E-state index contributed by atoms with van der Waals surface area (Å²) in [7, 11) is 0. The predicted octanol–water partition coefficient (Wildman–Crippen LogP) is 4.21. The average Bonchev–Trinajstić information content (AvgIpc) is 2.61. The molecule has 1 aliphatic carbocycles. The molecule has 0 saturated carbocycles. The van der Waals surface area contributed by atoms with Crippen molar-refractivity contribution in [1.82, 2.24) is 9.78 Å². The number of aromatic nitrogens is 2. The Hall–Kier alpha value is -1.49. The molecule has 0 radical (unpaired) electrons. The van der Waals surface area contributed by atoms with E-state index in [1.54, 1.807) is 0 Å². The number of hydrogen-bond donors (Lipinski definition) is 0. The lowest BCUT2D eigenvalue weighted by Gasteiger charge is -2.06. The molecule has 0 saturated heterocycles. The second-order valence-electron chi connectivity index (χ2n) is 4.91. The molecule has 3 rings (SSSR count). The fraction of sp³-hybridized carbons (Fsp3) is 0.357. The number of halogens is 4. The minimum atomic E-state index is -1.23. The highest BCUT2D eigenvalue weighted by Crippen LogP contribution is 2.30. The van der Waals surface area contributed by atoms with Crippen LogP contribution < -0.4 is 0 Å². The van der Waals surface area contributed by atoms with Crippen molar-refractivity contribution in [2.45, 2.75) is 32.1 Å². The Bertz CT molecular complexity index is 667. The van der Waals surface area contributed by atoms with Crippen LogP contribution in [0.1, 0.15) is 30.5 Å². The van der Waals surface area contributed by atoms with E-state index in [1.165, 1.54) is 0 Å². The monoisotopic (exact) mass is 300 g/mol. The van der Waals surface area contributed by atoms with E-state index in [4.69, 9.17) is 11.6 Å². The lowest BCUT2D eigenvalue weighted by atomic mass is 10.1. The molecule has 6 heteroatoms. The zero-order valence-electron chi connectivity index (χ0n) is 10.6. The molecule has 0 amide bonds. The molecule has 0 aliphatic heterocycles. The van der Waals surface area contributed by atoms with Gasteiger partial charge in [-0.15, -0.1) is 0 Å². The van der Waals surface area contributed by atoms with Gasteiger partial charge in [0.1, 0.15) is 10.8 Å². The molecule has 1 aromatic heterocycles. The molecule has 2 aromatic rings. The first-order valence-corrected chi connectivity index (χ1v) is 6.87. The van der Waals surface area contributed by atoms with Gasteiger partial charge in [0.25, 0.3) is 0 Å². The molecule has 0 unspecified atom stereocenters. The smallest absolute Gasteiger partial charge is 0.161 e. The first-order valence-electron chi connectivity index (χ1n) is 6.49. The summed E-state index contributed by atoms with van der Waals surface area (Å²) in [5.74, 6) is -3.23. The summed E-state index contributed by atoms with van der Waals surface area (Å²) in [4.78, 5) is 0. The van der Waals surface area contributed by atoms with Crippen LogP contribution in [0.3, 0.4) is 0 Å². The molecule has 20 heavy (non-hydrogen) atoms. The van der Waals surface area contributed by atoms with Crippen LogP contribution in [0.5, 0.6) is 0 Å². The van der Waals surface area contributed by atoms with E-state index in [1.807, 2.05) is 0 Å². The Balaban J connectivity index is 2.14. The number of fused-ring (bicyclic) bond motifs is 1. The summed E-state index contributed by atoms with van der Waals surface area (Å²) in [6.45, 7) is 0. The van der Waals surface area contributed by atoms with E-state index >= 15 is 0 Å². The minimum Gasteiger partial charge on any atom is -0.219 e. The van der Waals surface area contributed by atoms with Gasteiger partial charge in [0.2, 0.25) is 0 Å². The van der Waals surface area contributed by atoms with Crippen LogP contribution in [0, 0.1) is 17.5 Å². The van der Waals surface area contributed by atoms with Crippen LogP contribution in [-0.2, 0) is 12.8 Å². The number of benzene rings is 1. The van der Waals surface area contributed by atoms with Gasteiger partial charge in [-0.2, -0.15) is 5.10 Å². The van der Waals surface area contributed by atoms with E-state index in [2.05, 4.69) is 5.10 Å². The standard InChI is InChI=1S/C14H12ClF3N2/c15-14-8-4-2-1-3-5-12(8)19-20(14)13-7-10(17)9(16)6-11(13)18/h6-7H,1-5H2. The highest BCUT2D eigenvalue weighted by molar-refractivity contribution is 6.30. The fourth-order valence-corrected chi connectivity index (χ4v) is 2.86. The van der Waals surface area contributed by atoms with Crippen LogP contribution in [0.4, 0.5) is 13.2 Å². The molecule has 1 heterocycles. The molecule has 0 spiro atoms. The van der Waals surface area contributed by atoms with E-state index in [-0.39, 0.29) is 10.8 Å². The Morgan fingerprint density at radius 2 is 1.65 bits per heavy atom. The van der Waals surface area contributed by atoms with Crippen LogP contribution in [0.2, 0.25) is 5.15 Å². The number of aryl methyl sites for hydroxylation is 1. The minimum absolute atomic E-state index is 0.165. The first-order chi connectivity index (χ1) is 9.58. The van der Waals surface area contributed by atoms with Crippen molar-refractivity contribution in [2.24, 2.45) is 0 Å². The van der Waals surface area contributed by atoms with Crippen LogP contribution in [0.15, 0.2) is 12.1 Å². The van der Waals surface area contributed by atoms with Gasteiger partial charge >= 0.3 is 0 Å². The quantitative estimate of drug-likeness (QED) is 0.570. The van der Waals surface area contributed by atoms with Crippen molar-refractivity contribution in [1.29, 1.82) is 0 Å². The molecule has 0 atom stereocenters. The highest BCUT2D eigenvalue weighted by atomic mass is 35.5. The van der Waals surface area contributed by atoms with Crippen molar-refractivity contribution in [3.05, 3.63) is 46.0 Å². The Labute approximate surface area is 119 Å². The van der Waals surface area contributed by atoms with E-state index < -0.39 is 17.5 Å². The number of nitrogens with zero attached hydrogens (tertiary/aromatic N) is 2. The predicted molar refractivity (Wildman–Crippen MR) is 69.7 cm³/mol. The first kappa shape index (κ1) is 13.5. The van der Waals surface area contributed by atoms with Gasteiger partial charge in [-0.25, -0.2) is 17.9 Å². The SMILES string of the molecule is Fc1cc(F)c(-n2nc3c(c2Cl)CCCCC3)cc1F. The molecule has 2 nitrogen and oxygen atoms in total. The van der Waals surface area contributed by atoms with E-state index in [0.717, 1.165) is 54.1 Å². The average molecular weight is 301 g/mol. The third kappa shape index (κ3) is 2.20. The molecule has 0 N–H and O–H groups in total. The van der Waals surface area contributed by atoms with Crippen molar-refractivity contribution in [3.8, 4) is 5.69 Å². The van der Waals surface area contributed by atoms with Crippen molar-refractivity contribution >= 4 is 11.6 Å². The molecule has 106 valence electrons. The second-order valence-corrected chi connectivity index (χ2v) is 5.26. The molecule has 0 bridgehead atoms.